The van der Waals surface area contributed by atoms with E-state index in [0.29, 0.717) is 12.3 Å². The van der Waals surface area contributed by atoms with E-state index >= 15 is 0 Å². The first-order chi connectivity index (χ1) is 8.62. The van der Waals surface area contributed by atoms with Crippen molar-refractivity contribution in [2.24, 2.45) is 5.73 Å². The van der Waals surface area contributed by atoms with Crippen LogP contribution in [0.4, 0.5) is 4.79 Å². The number of nitrogens with zero attached hydrogens (tertiary/aromatic N) is 1. The molecule has 0 bridgehead atoms. The molecule has 0 radical (unpaired) electrons. The molecule has 0 saturated carbocycles. The highest BCUT2D eigenvalue weighted by atomic mass is 33.1. The second-order valence-corrected chi connectivity index (χ2v) is 5.87. The summed E-state index contributed by atoms with van der Waals surface area (Å²) in [5.74, 6) is 1.56. The number of carbonyl (C=O) groups is 1. The number of ether oxygens (including phenoxy) is 1. The van der Waals surface area contributed by atoms with Gasteiger partial charge in [0.1, 0.15) is 6.61 Å². The van der Waals surface area contributed by atoms with Gasteiger partial charge in [0, 0.05) is 18.1 Å². The lowest BCUT2D eigenvalue weighted by atomic mass is 10.5. The lowest BCUT2D eigenvalue weighted by Gasteiger charge is -2.13. The maximum Gasteiger partial charge on any atom is 0.505 e. The molecule has 0 aromatic heterocycles. The molecule has 0 aliphatic carbocycles. The third kappa shape index (κ3) is 18.3. The van der Waals surface area contributed by atoms with Crippen LogP contribution >= 0.6 is 21.6 Å². The van der Waals surface area contributed by atoms with E-state index in [0.717, 1.165) is 5.75 Å². The largest absolute Gasteiger partial charge is 0.505 e. The Morgan fingerprint density at radius 1 is 1.17 bits per heavy atom. The lowest BCUT2D eigenvalue weighted by molar-refractivity contribution is 0.0975. The zero-order chi connectivity index (χ0) is 14.2. The molecule has 0 amide bonds. The maximum atomic E-state index is 9.83. The Morgan fingerprint density at radius 2 is 1.67 bits per heavy atom. The van der Waals surface area contributed by atoms with Crippen molar-refractivity contribution in [3.8, 4) is 0 Å². The van der Waals surface area contributed by atoms with E-state index in [1.807, 2.05) is 0 Å². The van der Waals surface area contributed by atoms with Crippen LogP contribution in [0.1, 0.15) is 20.8 Å². The van der Waals surface area contributed by atoms with Gasteiger partial charge in [-0.1, -0.05) is 42.4 Å². The highest BCUT2D eigenvalue weighted by Gasteiger charge is 1.95. The summed E-state index contributed by atoms with van der Waals surface area (Å²) in [5.41, 5.74) is 5.23. The highest BCUT2D eigenvalue weighted by Crippen LogP contribution is 2.19. The second kappa shape index (κ2) is 16.9. The minimum absolute atomic E-state index is 0.248. The van der Waals surface area contributed by atoms with Crippen LogP contribution in [0.25, 0.3) is 0 Å². The lowest BCUT2D eigenvalue weighted by Crippen LogP contribution is -2.21. The SMILES string of the molecule is CCN(CC)CC.NCCSSCCOC(=O)O. The topological polar surface area (TPSA) is 75.8 Å². The minimum atomic E-state index is -1.21. The van der Waals surface area contributed by atoms with Gasteiger partial charge in [-0.15, -0.1) is 0 Å². The third-order valence-electron chi connectivity index (χ3n) is 2.02. The Morgan fingerprint density at radius 3 is 2.00 bits per heavy atom. The summed E-state index contributed by atoms with van der Waals surface area (Å²) < 4.78 is 4.27. The minimum Gasteiger partial charge on any atom is -0.450 e. The summed E-state index contributed by atoms with van der Waals surface area (Å²) >= 11 is 0. The van der Waals surface area contributed by atoms with Gasteiger partial charge in [-0.2, -0.15) is 0 Å². The zero-order valence-corrected chi connectivity index (χ0v) is 13.2. The van der Waals surface area contributed by atoms with Crippen LogP contribution in [0.2, 0.25) is 0 Å². The van der Waals surface area contributed by atoms with E-state index in [4.69, 9.17) is 10.8 Å². The number of rotatable bonds is 9. The molecule has 7 heteroatoms. The molecule has 5 nitrogen and oxygen atoms in total. The molecule has 0 aliphatic rings. The molecule has 18 heavy (non-hydrogen) atoms. The Bertz CT molecular complexity index is 176. The van der Waals surface area contributed by atoms with Gasteiger partial charge in [-0.3, -0.25) is 0 Å². The van der Waals surface area contributed by atoms with Gasteiger partial charge in [-0.25, -0.2) is 4.79 Å². The van der Waals surface area contributed by atoms with Gasteiger partial charge >= 0.3 is 6.16 Å². The smallest absolute Gasteiger partial charge is 0.450 e. The molecule has 0 fully saturated rings. The van der Waals surface area contributed by atoms with Crippen molar-refractivity contribution in [2.45, 2.75) is 20.8 Å². The fraction of sp³-hybridized carbons (Fsp3) is 0.909. The first-order valence-corrected chi connectivity index (χ1v) is 8.63. The Hall–Kier alpha value is -0.110. The predicted molar refractivity (Wildman–Crippen MR) is 81.4 cm³/mol. The van der Waals surface area contributed by atoms with Gasteiger partial charge in [0.05, 0.1) is 0 Å². The normalized spacial score (nSPS) is 9.83. The molecular formula is C11H26N2O3S2. The first kappa shape index (κ1) is 20.2. The van der Waals surface area contributed by atoms with Crippen molar-refractivity contribution in [2.75, 3.05) is 44.3 Å². The molecule has 3 N–H and O–H groups in total. The monoisotopic (exact) mass is 298 g/mol. The maximum absolute atomic E-state index is 9.83. The van der Waals surface area contributed by atoms with Crippen LogP contribution in [0.15, 0.2) is 0 Å². The molecule has 0 heterocycles. The third-order valence-corrected chi connectivity index (χ3v) is 4.42. The quantitative estimate of drug-likeness (QED) is 0.384. The van der Waals surface area contributed by atoms with Crippen molar-refractivity contribution in [3.05, 3.63) is 0 Å². The summed E-state index contributed by atoms with van der Waals surface area (Å²) in [6.45, 7) is 11.0. The Labute approximate surface area is 118 Å². The number of hydrogen-bond acceptors (Lipinski definition) is 6. The van der Waals surface area contributed by atoms with Crippen molar-refractivity contribution in [1.29, 1.82) is 0 Å². The molecule has 0 aromatic rings. The van der Waals surface area contributed by atoms with Gasteiger partial charge in [-0.05, 0) is 19.6 Å². The Balaban J connectivity index is 0. The zero-order valence-electron chi connectivity index (χ0n) is 11.6. The number of carboxylic acid groups (broad SMARTS) is 1. The fourth-order valence-corrected chi connectivity index (χ4v) is 2.68. The van der Waals surface area contributed by atoms with E-state index in [-0.39, 0.29) is 6.61 Å². The molecule has 0 saturated heterocycles. The second-order valence-electron chi connectivity index (χ2n) is 3.17. The summed E-state index contributed by atoms with van der Waals surface area (Å²) in [6.07, 6.45) is -1.21. The highest BCUT2D eigenvalue weighted by molar-refractivity contribution is 8.76. The van der Waals surface area contributed by atoms with Crippen molar-refractivity contribution < 1.29 is 14.6 Å². The molecule has 0 rings (SSSR count). The van der Waals surface area contributed by atoms with E-state index < -0.39 is 6.16 Å². The summed E-state index contributed by atoms with van der Waals surface area (Å²) in [6, 6.07) is 0. The Kier molecular flexibility index (Phi) is 19.0. The van der Waals surface area contributed by atoms with Gasteiger partial charge < -0.3 is 20.5 Å². The number of nitrogens with two attached hydrogens (primary N) is 1. The summed E-state index contributed by atoms with van der Waals surface area (Å²) in [5, 5.41) is 8.06. The number of hydrogen-bond donors (Lipinski definition) is 2. The van der Waals surface area contributed by atoms with Crippen LogP contribution in [-0.4, -0.2) is 60.5 Å². The molecule has 110 valence electrons. The molecule has 0 aromatic carbocycles. The van der Waals surface area contributed by atoms with Crippen molar-refractivity contribution in [1.82, 2.24) is 4.90 Å². The summed E-state index contributed by atoms with van der Waals surface area (Å²) in [7, 11) is 3.19. The van der Waals surface area contributed by atoms with E-state index in [2.05, 4.69) is 30.4 Å². The standard InChI is InChI=1S/C6H15N.C5H11NO3S2/c1-4-7(5-2)6-3;6-1-3-10-11-4-2-9-5(7)8/h4-6H2,1-3H3;1-4,6H2,(H,7,8). The van der Waals surface area contributed by atoms with Crippen molar-refractivity contribution >= 4 is 27.7 Å². The summed E-state index contributed by atoms with van der Waals surface area (Å²) in [4.78, 5) is 12.2. The van der Waals surface area contributed by atoms with E-state index in [1.54, 1.807) is 21.6 Å². The van der Waals surface area contributed by atoms with Gasteiger partial charge in [0.15, 0.2) is 0 Å². The average molecular weight is 298 g/mol. The van der Waals surface area contributed by atoms with Crippen LogP contribution in [-0.2, 0) is 4.74 Å². The molecule has 0 unspecified atom stereocenters. The van der Waals surface area contributed by atoms with E-state index in [1.165, 1.54) is 19.6 Å². The molecule has 0 aliphatic heterocycles. The van der Waals surface area contributed by atoms with Crippen LogP contribution in [0, 0.1) is 0 Å². The molecule has 0 atom stereocenters. The van der Waals surface area contributed by atoms with Crippen LogP contribution < -0.4 is 5.73 Å². The molecular weight excluding hydrogens is 272 g/mol. The van der Waals surface area contributed by atoms with Crippen molar-refractivity contribution in [3.63, 3.8) is 0 Å². The molecule has 0 spiro atoms. The van der Waals surface area contributed by atoms with Crippen LogP contribution in [0.3, 0.4) is 0 Å². The predicted octanol–water partition coefficient (Wildman–Crippen LogP) is 2.37. The fourth-order valence-electron chi connectivity index (χ4n) is 1.000. The van der Waals surface area contributed by atoms with Crippen LogP contribution in [0.5, 0.6) is 0 Å². The van der Waals surface area contributed by atoms with E-state index in [9.17, 15) is 4.79 Å². The van der Waals surface area contributed by atoms with Gasteiger partial charge in [0.25, 0.3) is 0 Å². The van der Waals surface area contributed by atoms with Gasteiger partial charge in [0.2, 0.25) is 0 Å². The first-order valence-electron chi connectivity index (χ1n) is 6.14. The average Bonchev–Trinajstić information content (AvgIpc) is 2.36.